The van der Waals surface area contributed by atoms with Gasteiger partial charge < -0.3 is 4.23 Å². The first kappa shape index (κ1) is 15.2. The Bertz CT molecular complexity index is 398. The summed E-state index contributed by atoms with van der Waals surface area (Å²) in [5.74, 6) is -0.333. The molecule has 0 atom stereocenters. The molecule has 0 aliphatic carbocycles. The van der Waals surface area contributed by atoms with E-state index in [1.54, 1.807) is 0 Å². The molecule has 0 N–H and O–H groups in total. The number of nitrogens with zero attached hydrogens (tertiary/aromatic N) is 1. The molecule has 3 heteroatoms. The third kappa shape index (κ3) is 2.61. The first-order valence-electron chi connectivity index (χ1n) is 6.84. The second kappa shape index (κ2) is 5.87. The molecule has 0 spiro atoms. The van der Waals surface area contributed by atoms with Gasteiger partial charge in [0.25, 0.3) is 0 Å². The second-order valence-corrected chi connectivity index (χ2v) is 11.0. The van der Waals surface area contributed by atoms with Crippen molar-refractivity contribution in [2.24, 2.45) is 0 Å². The summed E-state index contributed by atoms with van der Waals surface area (Å²) in [5.41, 5.74) is 1.92. The maximum atomic E-state index is 11.3. The molecule has 1 heterocycles. The lowest BCUT2D eigenvalue weighted by Gasteiger charge is -2.40. The van der Waals surface area contributed by atoms with Gasteiger partial charge in [-0.2, -0.15) is 0 Å². The lowest BCUT2D eigenvalue weighted by atomic mass is 10.2. The number of hydrogen-bond donors (Lipinski definition) is 0. The van der Waals surface area contributed by atoms with E-state index in [-0.39, 0.29) is 5.78 Å². The van der Waals surface area contributed by atoms with E-state index >= 15 is 0 Å². The minimum Gasteiger partial charge on any atom is -0.379 e. The molecule has 2 radical (unpaired) electrons. The van der Waals surface area contributed by atoms with Gasteiger partial charge in [0.1, 0.15) is 0 Å². The summed E-state index contributed by atoms with van der Waals surface area (Å²) in [6.07, 6.45) is 5.21. The van der Waals surface area contributed by atoms with Gasteiger partial charge in [0.15, 0.2) is 14.0 Å². The molecular weight excluding hydrogens is 238 g/mol. The summed E-state index contributed by atoms with van der Waals surface area (Å²) in [4.78, 5) is 11.3. The van der Waals surface area contributed by atoms with Crippen molar-refractivity contribution in [1.82, 2.24) is 4.23 Å². The zero-order valence-corrected chi connectivity index (χ0v) is 13.2. The predicted octanol–water partition coefficient (Wildman–Crippen LogP) is 4.41. The molecule has 0 aromatic carbocycles. The number of ketones is 1. The van der Waals surface area contributed by atoms with Crippen molar-refractivity contribution in [3.8, 4) is 0 Å². The Morgan fingerprint density at radius 3 is 2.22 bits per heavy atom. The van der Waals surface area contributed by atoms with Crippen LogP contribution in [0.3, 0.4) is 0 Å². The molecule has 0 amide bonds. The molecule has 0 aliphatic heterocycles. The number of carbonyl (C=O) groups excluding carboxylic acids is 1. The fourth-order valence-corrected chi connectivity index (χ4v) is 8.64. The van der Waals surface area contributed by atoms with E-state index in [1.165, 1.54) is 12.5 Å². The zero-order chi connectivity index (χ0) is 13.9. The lowest BCUT2D eigenvalue weighted by molar-refractivity contribution is 0.104. The second-order valence-electron chi connectivity index (χ2n) is 5.72. The molecule has 1 aromatic heterocycles. The Morgan fingerprint density at radius 2 is 1.89 bits per heavy atom. The van der Waals surface area contributed by atoms with E-state index in [2.05, 4.69) is 45.0 Å². The molecule has 1 rings (SSSR count). The third-order valence-electron chi connectivity index (χ3n) is 4.11. The topological polar surface area (TPSA) is 22.0 Å². The summed E-state index contributed by atoms with van der Waals surface area (Å²) < 4.78 is 2.34. The first-order valence-corrected chi connectivity index (χ1v) is 9.15. The lowest BCUT2D eigenvalue weighted by Crippen LogP contribution is -2.48. The van der Waals surface area contributed by atoms with Gasteiger partial charge in [0.2, 0.25) is 0 Å². The van der Waals surface area contributed by atoms with Crippen LogP contribution in [-0.2, 0) is 0 Å². The van der Waals surface area contributed by atoms with Crippen molar-refractivity contribution in [2.75, 3.05) is 0 Å². The van der Waals surface area contributed by atoms with E-state index in [4.69, 9.17) is 6.92 Å². The van der Waals surface area contributed by atoms with Gasteiger partial charge in [-0.05, 0) is 29.4 Å². The Labute approximate surface area is 112 Å². The number of hydrogen-bond acceptors (Lipinski definition) is 1. The molecule has 100 valence electrons. The fourth-order valence-electron chi connectivity index (χ4n) is 3.17. The highest BCUT2D eigenvalue weighted by Crippen LogP contribution is 2.38. The SMILES string of the molecule is [CH]C(=O)c1ccn([Si](CCC)(C(C)C)C(C)C)c1. The van der Waals surface area contributed by atoms with Gasteiger partial charge in [-0.25, -0.2) is 0 Å². The minimum absolute atomic E-state index is 0.333. The summed E-state index contributed by atoms with van der Waals surface area (Å²) >= 11 is 0. The van der Waals surface area contributed by atoms with E-state index in [0.29, 0.717) is 16.6 Å². The molecule has 0 bridgehead atoms. The van der Waals surface area contributed by atoms with Crippen molar-refractivity contribution in [1.29, 1.82) is 0 Å². The average molecular weight is 263 g/mol. The van der Waals surface area contributed by atoms with Crippen LogP contribution in [0.2, 0.25) is 17.1 Å². The predicted molar refractivity (Wildman–Crippen MR) is 79.5 cm³/mol. The smallest absolute Gasteiger partial charge is 0.168 e. The van der Waals surface area contributed by atoms with Crippen LogP contribution in [-0.4, -0.2) is 18.3 Å². The van der Waals surface area contributed by atoms with Crippen LogP contribution in [0.15, 0.2) is 18.5 Å². The van der Waals surface area contributed by atoms with Crippen molar-refractivity contribution in [3.05, 3.63) is 30.9 Å². The van der Waals surface area contributed by atoms with Crippen molar-refractivity contribution in [2.45, 2.75) is 58.2 Å². The van der Waals surface area contributed by atoms with Gasteiger partial charge in [0.05, 0.1) is 0 Å². The molecule has 2 nitrogen and oxygen atoms in total. The van der Waals surface area contributed by atoms with Crippen LogP contribution < -0.4 is 0 Å². The van der Waals surface area contributed by atoms with Crippen LogP contribution in [0.25, 0.3) is 0 Å². The summed E-state index contributed by atoms with van der Waals surface area (Å²) in [6.45, 7) is 16.8. The van der Waals surface area contributed by atoms with Gasteiger partial charge in [-0.3, -0.25) is 4.79 Å². The van der Waals surface area contributed by atoms with Crippen LogP contribution in [0, 0.1) is 6.92 Å². The highest BCUT2D eigenvalue weighted by molar-refractivity contribution is 6.80. The number of carbonyl (C=O) groups is 1. The van der Waals surface area contributed by atoms with Gasteiger partial charge in [-0.15, -0.1) is 0 Å². The molecule has 0 fully saturated rings. The van der Waals surface area contributed by atoms with Gasteiger partial charge >= 0.3 is 0 Å². The molecule has 0 saturated heterocycles. The van der Waals surface area contributed by atoms with Crippen molar-refractivity contribution >= 4 is 14.0 Å². The van der Waals surface area contributed by atoms with Gasteiger partial charge in [-0.1, -0.05) is 41.0 Å². The standard InChI is InChI=1S/C15H25NOSi/c1-7-10-18(12(2)3,13(4)5)16-9-8-15(11-16)14(6)17/h6,8-9,11-13H,7,10H2,1-5H3. The van der Waals surface area contributed by atoms with Crippen molar-refractivity contribution in [3.63, 3.8) is 0 Å². The van der Waals surface area contributed by atoms with E-state index in [0.717, 1.165) is 0 Å². The molecule has 1 aromatic rings. The Balaban J connectivity index is 3.27. The molecule has 0 saturated carbocycles. The maximum absolute atomic E-state index is 11.3. The summed E-state index contributed by atoms with van der Waals surface area (Å²) in [6, 6.07) is 3.10. The summed E-state index contributed by atoms with van der Waals surface area (Å²) in [7, 11) is -1.64. The van der Waals surface area contributed by atoms with E-state index in [1.807, 2.05) is 12.3 Å². The highest BCUT2D eigenvalue weighted by atomic mass is 28.3. The van der Waals surface area contributed by atoms with E-state index < -0.39 is 8.24 Å². The molecule has 0 unspecified atom stereocenters. The number of Topliss-reactive ketones (excluding diaryl/α,β-unsaturated/α-hetero) is 1. The normalized spacial score (nSPS) is 12.4. The third-order valence-corrected chi connectivity index (χ3v) is 10.6. The Kier molecular flexibility index (Phi) is 4.97. The van der Waals surface area contributed by atoms with Crippen LogP contribution in [0.5, 0.6) is 0 Å². The number of aromatic nitrogens is 1. The van der Waals surface area contributed by atoms with Gasteiger partial charge in [0, 0.05) is 18.7 Å². The highest BCUT2D eigenvalue weighted by Gasteiger charge is 2.41. The average Bonchev–Trinajstić information content (AvgIpc) is 2.74. The number of rotatable bonds is 6. The molecule has 0 aliphatic rings. The van der Waals surface area contributed by atoms with Crippen LogP contribution in [0.1, 0.15) is 51.4 Å². The van der Waals surface area contributed by atoms with E-state index in [9.17, 15) is 4.79 Å². The van der Waals surface area contributed by atoms with Crippen LogP contribution >= 0.6 is 0 Å². The molecular formula is C15H25NOSi. The summed E-state index contributed by atoms with van der Waals surface area (Å²) in [5, 5.41) is 0. The monoisotopic (exact) mass is 263 g/mol. The largest absolute Gasteiger partial charge is 0.379 e. The quantitative estimate of drug-likeness (QED) is 0.550. The Hall–Kier alpha value is -0.833. The molecule has 18 heavy (non-hydrogen) atoms. The fraction of sp³-hybridized carbons (Fsp3) is 0.600. The van der Waals surface area contributed by atoms with Crippen LogP contribution in [0.4, 0.5) is 0 Å². The maximum Gasteiger partial charge on any atom is 0.168 e. The first-order chi connectivity index (χ1) is 8.36. The Morgan fingerprint density at radius 1 is 1.33 bits per heavy atom. The zero-order valence-electron chi connectivity index (χ0n) is 12.2. The van der Waals surface area contributed by atoms with Crippen molar-refractivity contribution < 1.29 is 4.79 Å². The minimum atomic E-state index is -1.64.